The standard InChI is InChI=1S/C31H35Cl2N5O2/c1-2-36-11-13-37(14-12-36)30(39)21-5-3-20(4-6-21)23-16-26(32)25(27(33)17-23)15-22-9-10-38(31(22)40)24-7-8-28-29(18-24)35-19-34-28/h3-6,16-17,19,22,24H,2,7-15,18H2,1H3,(H,34,35). The molecule has 2 aliphatic heterocycles. The number of carbonyl (C=O) groups excluding carboxylic acids is 2. The number of rotatable bonds is 6. The van der Waals surface area contributed by atoms with Crippen molar-refractivity contribution in [1.29, 1.82) is 0 Å². The van der Waals surface area contributed by atoms with Crippen LogP contribution >= 0.6 is 23.2 Å². The molecule has 2 aromatic carbocycles. The number of likely N-dealkylation sites (tertiary alicyclic amines) is 1. The Morgan fingerprint density at radius 3 is 2.42 bits per heavy atom. The molecule has 7 nitrogen and oxygen atoms in total. The fourth-order valence-electron chi connectivity index (χ4n) is 6.43. The number of H-pyrrole nitrogens is 1. The number of hydrogen-bond donors (Lipinski definition) is 1. The molecule has 1 aromatic heterocycles. The molecule has 2 atom stereocenters. The summed E-state index contributed by atoms with van der Waals surface area (Å²) in [5.74, 6) is 0.143. The van der Waals surface area contributed by atoms with Crippen LogP contribution in [-0.4, -0.2) is 81.8 Å². The van der Waals surface area contributed by atoms with E-state index in [1.807, 2.05) is 46.2 Å². The molecule has 3 aliphatic rings. The van der Waals surface area contributed by atoms with Crippen molar-refractivity contribution in [2.75, 3.05) is 39.3 Å². The summed E-state index contributed by atoms with van der Waals surface area (Å²) in [5, 5.41) is 1.14. The van der Waals surface area contributed by atoms with Crippen LogP contribution in [0, 0.1) is 5.92 Å². The van der Waals surface area contributed by atoms with Gasteiger partial charge in [-0.3, -0.25) is 9.59 Å². The van der Waals surface area contributed by atoms with Crippen molar-refractivity contribution in [3.05, 3.63) is 75.3 Å². The number of benzene rings is 2. The summed E-state index contributed by atoms with van der Waals surface area (Å²) in [5.41, 5.74) is 5.63. The number of likely N-dealkylation sites (N-methyl/N-ethyl adjacent to an activating group) is 1. The lowest BCUT2D eigenvalue weighted by Crippen LogP contribution is -2.48. The molecule has 3 heterocycles. The largest absolute Gasteiger partial charge is 0.348 e. The van der Waals surface area contributed by atoms with Crippen LogP contribution in [0.3, 0.4) is 0 Å². The van der Waals surface area contributed by atoms with Crippen molar-refractivity contribution in [2.45, 2.75) is 45.1 Å². The molecule has 1 aliphatic carbocycles. The number of carbonyl (C=O) groups is 2. The number of hydrogen-bond acceptors (Lipinski definition) is 4. The van der Waals surface area contributed by atoms with E-state index in [0.29, 0.717) is 22.0 Å². The van der Waals surface area contributed by atoms with Crippen molar-refractivity contribution >= 4 is 35.0 Å². The van der Waals surface area contributed by atoms with Crippen LogP contribution in [0.1, 0.15) is 47.1 Å². The van der Waals surface area contributed by atoms with Gasteiger partial charge in [0.15, 0.2) is 0 Å². The van der Waals surface area contributed by atoms with Gasteiger partial charge >= 0.3 is 0 Å². The summed E-state index contributed by atoms with van der Waals surface area (Å²) in [6, 6.07) is 11.7. The highest BCUT2D eigenvalue weighted by molar-refractivity contribution is 6.36. The third-order valence-electron chi connectivity index (χ3n) is 8.92. The second-order valence-corrected chi connectivity index (χ2v) is 12.0. The van der Waals surface area contributed by atoms with Crippen molar-refractivity contribution in [1.82, 2.24) is 24.7 Å². The quantitative estimate of drug-likeness (QED) is 0.440. The number of nitrogens with one attached hydrogen (secondary N) is 1. The predicted molar refractivity (Wildman–Crippen MR) is 158 cm³/mol. The number of piperazine rings is 1. The summed E-state index contributed by atoms with van der Waals surface area (Å²) >= 11 is 13.5. The minimum absolute atomic E-state index is 0.0713. The zero-order valence-electron chi connectivity index (χ0n) is 22.8. The van der Waals surface area contributed by atoms with Crippen molar-refractivity contribution in [3.63, 3.8) is 0 Å². The SMILES string of the molecule is CCN1CCN(C(=O)c2ccc(-c3cc(Cl)c(CC4CCN(C5CCc6[nH]cnc6C5)C4=O)c(Cl)c3)cc2)CC1. The van der Waals surface area contributed by atoms with Gasteiger partial charge in [-0.15, -0.1) is 0 Å². The van der Waals surface area contributed by atoms with E-state index in [2.05, 4.69) is 21.8 Å². The molecule has 2 amide bonds. The third kappa shape index (κ3) is 5.39. The van der Waals surface area contributed by atoms with E-state index in [4.69, 9.17) is 23.2 Å². The number of aromatic nitrogens is 2. The number of halogens is 2. The van der Waals surface area contributed by atoms with Crippen LogP contribution in [0.5, 0.6) is 0 Å². The first kappa shape index (κ1) is 27.3. The zero-order chi connectivity index (χ0) is 27.8. The molecule has 210 valence electrons. The Bertz CT molecular complexity index is 1370. The average Bonchev–Trinajstić information content (AvgIpc) is 3.60. The molecule has 40 heavy (non-hydrogen) atoms. The Kier molecular flexibility index (Phi) is 7.89. The highest BCUT2D eigenvalue weighted by atomic mass is 35.5. The molecule has 1 N–H and O–H groups in total. The van der Waals surface area contributed by atoms with Gasteiger partial charge in [-0.05, 0) is 73.2 Å². The number of aryl methyl sites for hydroxylation is 1. The maximum atomic E-state index is 13.4. The van der Waals surface area contributed by atoms with Gasteiger partial charge in [-0.2, -0.15) is 0 Å². The number of amides is 2. The molecule has 0 bridgehead atoms. The molecule has 6 rings (SSSR count). The number of imidazole rings is 1. The molecular formula is C31H35Cl2N5O2. The maximum absolute atomic E-state index is 13.4. The minimum atomic E-state index is -0.120. The fourth-order valence-corrected chi connectivity index (χ4v) is 7.07. The van der Waals surface area contributed by atoms with Crippen LogP contribution in [-0.2, 0) is 24.1 Å². The van der Waals surface area contributed by atoms with E-state index in [1.54, 1.807) is 6.33 Å². The zero-order valence-corrected chi connectivity index (χ0v) is 24.3. The normalized spacial score (nSPS) is 21.6. The van der Waals surface area contributed by atoms with Crippen LogP contribution in [0.15, 0.2) is 42.7 Å². The summed E-state index contributed by atoms with van der Waals surface area (Å²) in [6.07, 6.45) is 5.79. The van der Waals surface area contributed by atoms with E-state index in [0.717, 1.165) is 87.3 Å². The van der Waals surface area contributed by atoms with Crippen molar-refractivity contribution < 1.29 is 9.59 Å². The lowest BCUT2D eigenvalue weighted by molar-refractivity contribution is -0.133. The fraction of sp³-hybridized carbons (Fsp3) is 0.452. The van der Waals surface area contributed by atoms with Gasteiger partial charge in [0.2, 0.25) is 5.91 Å². The first-order valence-electron chi connectivity index (χ1n) is 14.3. The number of nitrogens with zero attached hydrogens (tertiary/aromatic N) is 4. The molecule has 0 spiro atoms. The van der Waals surface area contributed by atoms with Gasteiger partial charge in [-0.25, -0.2) is 4.98 Å². The molecule has 0 radical (unpaired) electrons. The molecular weight excluding hydrogens is 545 g/mol. The van der Waals surface area contributed by atoms with E-state index < -0.39 is 0 Å². The Balaban J connectivity index is 1.11. The first-order chi connectivity index (χ1) is 19.4. The molecule has 9 heteroatoms. The summed E-state index contributed by atoms with van der Waals surface area (Å²) in [6.45, 7) is 7.28. The Labute approximate surface area is 245 Å². The highest BCUT2D eigenvalue weighted by Gasteiger charge is 2.38. The van der Waals surface area contributed by atoms with Gasteiger partial charge in [-0.1, -0.05) is 42.3 Å². The third-order valence-corrected chi connectivity index (χ3v) is 9.59. The predicted octanol–water partition coefficient (Wildman–Crippen LogP) is 5.11. The lowest BCUT2D eigenvalue weighted by atomic mass is 9.94. The highest BCUT2D eigenvalue weighted by Crippen LogP contribution is 2.36. The van der Waals surface area contributed by atoms with Crippen molar-refractivity contribution in [3.8, 4) is 11.1 Å². The molecule has 3 aromatic rings. The smallest absolute Gasteiger partial charge is 0.253 e. The van der Waals surface area contributed by atoms with Crippen LogP contribution < -0.4 is 0 Å². The Hall–Kier alpha value is -2.87. The lowest BCUT2D eigenvalue weighted by Gasteiger charge is -2.34. The first-order valence-corrected chi connectivity index (χ1v) is 15.1. The monoisotopic (exact) mass is 579 g/mol. The van der Waals surface area contributed by atoms with Gasteiger partial charge in [0.1, 0.15) is 0 Å². The van der Waals surface area contributed by atoms with Crippen LogP contribution in [0.25, 0.3) is 11.1 Å². The van der Waals surface area contributed by atoms with Gasteiger partial charge in [0, 0.05) is 72.4 Å². The topological polar surface area (TPSA) is 72.5 Å². The second-order valence-electron chi connectivity index (χ2n) is 11.2. The number of aromatic amines is 1. The summed E-state index contributed by atoms with van der Waals surface area (Å²) in [4.78, 5) is 40.3. The van der Waals surface area contributed by atoms with Gasteiger partial charge in [0.05, 0.1) is 12.0 Å². The van der Waals surface area contributed by atoms with E-state index in [1.165, 1.54) is 5.69 Å². The maximum Gasteiger partial charge on any atom is 0.253 e. The molecule has 0 saturated carbocycles. The average molecular weight is 581 g/mol. The second kappa shape index (κ2) is 11.6. The van der Waals surface area contributed by atoms with Crippen LogP contribution in [0.2, 0.25) is 10.0 Å². The number of fused-ring (bicyclic) bond motifs is 1. The molecule has 2 unspecified atom stereocenters. The molecule has 2 fully saturated rings. The van der Waals surface area contributed by atoms with Crippen LogP contribution in [0.4, 0.5) is 0 Å². The molecule has 2 saturated heterocycles. The van der Waals surface area contributed by atoms with E-state index in [-0.39, 0.29) is 23.8 Å². The van der Waals surface area contributed by atoms with E-state index in [9.17, 15) is 9.59 Å². The summed E-state index contributed by atoms with van der Waals surface area (Å²) < 4.78 is 0. The Morgan fingerprint density at radius 2 is 1.73 bits per heavy atom. The van der Waals surface area contributed by atoms with Gasteiger partial charge < -0.3 is 19.7 Å². The van der Waals surface area contributed by atoms with Gasteiger partial charge in [0.25, 0.3) is 5.91 Å². The van der Waals surface area contributed by atoms with Crippen molar-refractivity contribution in [2.24, 2.45) is 5.92 Å². The summed E-state index contributed by atoms with van der Waals surface area (Å²) in [7, 11) is 0. The van der Waals surface area contributed by atoms with E-state index >= 15 is 0 Å². The minimum Gasteiger partial charge on any atom is -0.348 e. The Morgan fingerprint density at radius 1 is 1.00 bits per heavy atom.